The lowest BCUT2D eigenvalue weighted by molar-refractivity contribution is 0.163. The van der Waals surface area contributed by atoms with Crippen LogP contribution < -0.4 is 10.9 Å². The summed E-state index contributed by atoms with van der Waals surface area (Å²) in [7, 11) is 3.69. The molecule has 1 aromatic heterocycles. The van der Waals surface area contributed by atoms with Gasteiger partial charge in [-0.15, -0.1) is 0 Å². The number of hydrogen-bond donors (Lipinski definition) is 1. The van der Waals surface area contributed by atoms with Crippen LogP contribution in [0.25, 0.3) is 0 Å². The first-order chi connectivity index (χ1) is 9.47. The number of halogens is 1. The average molecular weight is 303 g/mol. The molecular weight excluding hydrogens is 280 g/mol. The Bertz CT molecular complexity index is 476. The summed E-state index contributed by atoms with van der Waals surface area (Å²) in [5.74, 6) is 0. The number of nitrogens with zero attached hydrogens (tertiary/aromatic N) is 3. The average Bonchev–Trinajstić information content (AvgIpc) is 2.40. The monoisotopic (exact) mass is 302 g/mol. The molecule has 114 valence electrons. The van der Waals surface area contributed by atoms with Gasteiger partial charge in [0.25, 0.3) is 5.56 Å². The standard InChI is InChI=1S/C13H23ClN4O2/c1-10(2)18-13(19)12(14)11(9-16-18)15-5-6-17(3)7-8-20-4/h9-10,15H,5-8H2,1-4H3. The van der Waals surface area contributed by atoms with E-state index in [0.29, 0.717) is 18.8 Å². The third-order valence-corrected chi connectivity index (χ3v) is 3.28. The van der Waals surface area contributed by atoms with Crippen LogP contribution in [0.3, 0.4) is 0 Å². The lowest BCUT2D eigenvalue weighted by Gasteiger charge is -2.17. The van der Waals surface area contributed by atoms with Gasteiger partial charge in [-0.25, -0.2) is 4.68 Å². The summed E-state index contributed by atoms with van der Waals surface area (Å²) in [5, 5.41) is 7.43. The fourth-order valence-electron chi connectivity index (χ4n) is 1.68. The van der Waals surface area contributed by atoms with Crippen LogP contribution in [-0.2, 0) is 4.74 Å². The van der Waals surface area contributed by atoms with Crippen molar-refractivity contribution < 1.29 is 4.74 Å². The van der Waals surface area contributed by atoms with Gasteiger partial charge in [0.15, 0.2) is 0 Å². The fraction of sp³-hybridized carbons (Fsp3) is 0.692. The van der Waals surface area contributed by atoms with Crippen molar-refractivity contribution in [1.29, 1.82) is 0 Å². The number of likely N-dealkylation sites (N-methyl/N-ethyl adjacent to an activating group) is 1. The molecule has 0 atom stereocenters. The highest BCUT2D eigenvalue weighted by Crippen LogP contribution is 2.15. The van der Waals surface area contributed by atoms with Crippen molar-refractivity contribution in [2.45, 2.75) is 19.9 Å². The summed E-state index contributed by atoms with van der Waals surface area (Å²) in [5.41, 5.74) is 0.313. The van der Waals surface area contributed by atoms with Crippen LogP contribution in [0.2, 0.25) is 5.02 Å². The first kappa shape index (κ1) is 16.9. The predicted molar refractivity (Wildman–Crippen MR) is 81.8 cm³/mol. The van der Waals surface area contributed by atoms with Gasteiger partial charge in [0.05, 0.1) is 24.5 Å². The van der Waals surface area contributed by atoms with E-state index in [0.717, 1.165) is 13.1 Å². The highest BCUT2D eigenvalue weighted by atomic mass is 35.5. The Hall–Kier alpha value is -1.11. The first-order valence-electron chi connectivity index (χ1n) is 6.66. The molecule has 0 saturated heterocycles. The molecule has 0 aliphatic heterocycles. The Morgan fingerprint density at radius 1 is 1.50 bits per heavy atom. The minimum absolute atomic E-state index is 0.00535. The molecule has 0 saturated carbocycles. The third kappa shape index (κ3) is 4.77. The number of nitrogens with one attached hydrogen (secondary N) is 1. The fourth-order valence-corrected chi connectivity index (χ4v) is 1.88. The van der Waals surface area contributed by atoms with Crippen molar-refractivity contribution in [3.63, 3.8) is 0 Å². The van der Waals surface area contributed by atoms with Crippen LogP contribution in [0.4, 0.5) is 5.69 Å². The van der Waals surface area contributed by atoms with E-state index in [1.165, 1.54) is 4.68 Å². The van der Waals surface area contributed by atoms with Crippen molar-refractivity contribution in [2.24, 2.45) is 0 Å². The maximum Gasteiger partial charge on any atom is 0.287 e. The maximum absolute atomic E-state index is 12.0. The topological polar surface area (TPSA) is 59.4 Å². The quantitative estimate of drug-likeness (QED) is 0.788. The zero-order valence-corrected chi connectivity index (χ0v) is 13.3. The first-order valence-corrected chi connectivity index (χ1v) is 7.03. The van der Waals surface area contributed by atoms with Crippen molar-refractivity contribution in [3.05, 3.63) is 21.6 Å². The Labute approximate surface area is 124 Å². The molecule has 0 aromatic carbocycles. The summed E-state index contributed by atoms with van der Waals surface area (Å²) in [6.07, 6.45) is 1.60. The smallest absolute Gasteiger partial charge is 0.287 e. The van der Waals surface area contributed by atoms with Gasteiger partial charge in [0.1, 0.15) is 5.02 Å². The van der Waals surface area contributed by atoms with Gasteiger partial charge in [-0.2, -0.15) is 5.10 Å². The van der Waals surface area contributed by atoms with Gasteiger partial charge in [0.2, 0.25) is 0 Å². The van der Waals surface area contributed by atoms with Crippen LogP contribution >= 0.6 is 11.6 Å². The van der Waals surface area contributed by atoms with Gasteiger partial charge in [-0.05, 0) is 20.9 Å². The Balaban J connectivity index is 2.57. The molecule has 0 bridgehead atoms. The molecule has 1 heterocycles. The second kappa shape index (κ2) is 8.24. The largest absolute Gasteiger partial charge is 0.383 e. The summed E-state index contributed by atoms with van der Waals surface area (Å²) in [4.78, 5) is 14.1. The molecule has 0 aliphatic rings. The molecule has 0 unspecified atom stereocenters. The number of methoxy groups -OCH3 is 1. The van der Waals surface area contributed by atoms with Crippen molar-refractivity contribution in [3.8, 4) is 0 Å². The van der Waals surface area contributed by atoms with Gasteiger partial charge in [0, 0.05) is 26.7 Å². The van der Waals surface area contributed by atoms with E-state index in [2.05, 4.69) is 15.3 Å². The molecule has 0 fully saturated rings. The molecule has 0 spiro atoms. The highest BCUT2D eigenvalue weighted by molar-refractivity contribution is 6.32. The van der Waals surface area contributed by atoms with Gasteiger partial charge in [-0.3, -0.25) is 4.79 Å². The normalized spacial score (nSPS) is 11.3. The molecule has 1 rings (SSSR count). The Kier molecular flexibility index (Phi) is 6.98. The van der Waals surface area contributed by atoms with E-state index in [1.807, 2.05) is 20.9 Å². The number of anilines is 1. The van der Waals surface area contributed by atoms with Crippen LogP contribution in [0.5, 0.6) is 0 Å². The molecule has 20 heavy (non-hydrogen) atoms. The summed E-state index contributed by atoms with van der Waals surface area (Å²) >= 11 is 6.07. The van der Waals surface area contributed by atoms with Crippen LogP contribution in [0.1, 0.15) is 19.9 Å². The number of rotatable bonds is 8. The van der Waals surface area contributed by atoms with E-state index in [9.17, 15) is 4.79 Å². The molecule has 1 N–H and O–H groups in total. The van der Waals surface area contributed by atoms with Gasteiger partial charge >= 0.3 is 0 Å². The van der Waals surface area contributed by atoms with Crippen LogP contribution in [0.15, 0.2) is 11.0 Å². The Morgan fingerprint density at radius 2 is 2.20 bits per heavy atom. The molecular formula is C13H23ClN4O2. The Morgan fingerprint density at radius 3 is 2.80 bits per heavy atom. The molecule has 7 heteroatoms. The lowest BCUT2D eigenvalue weighted by Crippen LogP contribution is -2.29. The maximum atomic E-state index is 12.0. The molecule has 1 aromatic rings. The van der Waals surface area contributed by atoms with E-state index >= 15 is 0 Å². The van der Waals surface area contributed by atoms with Gasteiger partial charge < -0.3 is 15.0 Å². The van der Waals surface area contributed by atoms with E-state index in [-0.39, 0.29) is 16.6 Å². The summed E-state index contributed by atoms with van der Waals surface area (Å²) in [6, 6.07) is -0.00535. The van der Waals surface area contributed by atoms with E-state index in [1.54, 1.807) is 13.3 Å². The minimum atomic E-state index is -0.264. The molecule has 0 amide bonds. The van der Waals surface area contributed by atoms with Crippen LogP contribution in [0, 0.1) is 0 Å². The van der Waals surface area contributed by atoms with Crippen LogP contribution in [-0.4, -0.2) is 55.1 Å². The number of hydrogen-bond acceptors (Lipinski definition) is 5. The van der Waals surface area contributed by atoms with Gasteiger partial charge in [-0.1, -0.05) is 11.6 Å². The molecule has 0 radical (unpaired) electrons. The molecule has 0 aliphatic carbocycles. The van der Waals surface area contributed by atoms with Crippen molar-refractivity contribution in [2.75, 3.05) is 45.7 Å². The third-order valence-electron chi connectivity index (χ3n) is 2.92. The number of aromatic nitrogens is 2. The SMILES string of the molecule is COCCN(C)CCNc1cnn(C(C)C)c(=O)c1Cl. The predicted octanol–water partition coefficient (Wildman–Crippen LogP) is 1.47. The zero-order chi connectivity index (χ0) is 15.1. The highest BCUT2D eigenvalue weighted by Gasteiger charge is 2.10. The zero-order valence-electron chi connectivity index (χ0n) is 12.5. The molecule has 6 nitrogen and oxygen atoms in total. The second-order valence-electron chi connectivity index (χ2n) is 4.94. The summed E-state index contributed by atoms with van der Waals surface area (Å²) in [6.45, 7) is 6.85. The van der Waals surface area contributed by atoms with Crippen molar-refractivity contribution in [1.82, 2.24) is 14.7 Å². The minimum Gasteiger partial charge on any atom is -0.383 e. The number of ether oxygens (including phenoxy) is 1. The summed E-state index contributed by atoms with van der Waals surface area (Å²) < 4.78 is 6.38. The second-order valence-corrected chi connectivity index (χ2v) is 5.32. The van der Waals surface area contributed by atoms with E-state index < -0.39 is 0 Å². The van der Waals surface area contributed by atoms with Crippen molar-refractivity contribution >= 4 is 17.3 Å². The van der Waals surface area contributed by atoms with E-state index in [4.69, 9.17) is 16.3 Å². The lowest BCUT2D eigenvalue weighted by atomic mass is 10.4.